The molecular formula is H4BrF3O3P2. The molecule has 3 nitrogen and oxygen atoms in total. The van der Waals surface area contributed by atoms with Gasteiger partial charge in [-0.15, -0.1) is 17.0 Å². The van der Waals surface area contributed by atoms with Crippen LogP contribution >= 0.6 is 34.1 Å². The molecule has 0 radical (unpaired) electrons. The minimum Gasteiger partial charge on any atom is -0.326 e. The second-order valence-corrected chi connectivity index (χ2v) is 1.42. The average Bonchev–Trinajstić information content (AvgIpc) is 1.25. The molecule has 0 spiro atoms. The zero-order valence-electron chi connectivity index (χ0n) is 3.79. The van der Waals surface area contributed by atoms with Crippen LogP contribution in [0, 0.1) is 0 Å². The van der Waals surface area contributed by atoms with Crippen LogP contribution in [0.2, 0.25) is 0 Å². The first-order chi connectivity index (χ1) is 3.46. The molecule has 0 rings (SSSR count). The fraction of sp³-hybridized carbons (Fsp3) is 0. The summed E-state index contributed by atoms with van der Waals surface area (Å²) in [4.78, 5) is 14.3. The third-order valence-corrected chi connectivity index (χ3v) is 0. The molecule has 0 aromatic carbocycles. The van der Waals surface area contributed by atoms with Gasteiger partial charge in [0.15, 0.2) is 0 Å². The van der Waals surface area contributed by atoms with Crippen LogP contribution in [-0.2, 0) is 4.57 Å². The highest BCUT2D eigenvalue weighted by Gasteiger charge is 1.91. The van der Waals surface area contributed by atoms with E-state index < -0.39 is 17.1 Å². The van der Waals surface area contributed by atoms with Crippen LogP contribution in [0.15, 0.2) is 0 Å². The maximum Gasteiger partial charge on any atom is 0.456 e. The zero-order valence-corrected chi connectivity index (χ0v) is 7.40. The highest BCUT2D eigenvalue weighted by atomic mass is 79.9. The van der Waals surface area contributed by atoms with Gasteiger partial charge >= 0.3 is 17.1 Å². The molecule has 0 aliphatic rings. The van der Waals surface area contributed by atoms with Crippen LogP contribution in [0.3, 0.4) is 0 Å². The molecule has 0 aromatic rings. The lowest BCUT2D eigenvalue weighted by Gasteiger charge is -1.61. The Hall–Kier alpha value is 0.850. The number of hydrogen-bond acceptors (Lipinski definition) is 1. The van der Waals surface area contributed by atoms with Crippen LogP contribution in [0.5, 0.6) is 0 Å². The highest BCUT2D eigenvalue weighted by molar-refractivity contribution is 8.93. The number of halogens is 4. The van der Waals surface area contributed by atoms with Crippen LogP contribution in [-0.4, -0.2) is 9.79 Å². The summed E-state index contributed by atoms with van der Waals surface area (Å²) in [5, 5.41) is 0. The van der Waals surface area contributed by atoms with Gasteiger partial charge in [-0.25, -0.2) is 0 Å². The van der Waals surface area contributed by atoms with Crippen molar-refractivity contribution in [1.82, 2.24) is 0 Å². The SMILES string of the molecule is Br.FP(F)F.O=[PH](O)O. The van der Waals surface area contributed by atoms with E-state index in [0.717, 1.165) is 0 Å². The van der Waals surface area contributed by atoms with E-state index in [0.29, 0.717) is 0 Å². The Kier molecular flexibility index (Phi) is 21.2. The summed E-state index contributed by atoms with van der Waals surface area (Å²) in [6, 6.07) is 0. The Balaban J connectivity index is -0.0000000720. The Morgan fingerprint density at radius 3 is 1.22 bits per heavy atom. The minimum atomic E-state index is -4.12. The van der Waals surface area contributed by atoms with E-state index in [9.17, 15) is 12.6 Å². The third-order valence-electron chi connectivity index (χ3n) is 0. The predicted molar refractivity (Wildman–Crippen MR) is 34.0 cm³/mol. The summed E-state index contributed by atoms with van der Waals surface area (Å²) in [6.45, 7) is 0. The van der Waals surface area contributed by atoms with Gasteiger partial charge in [-0.1, -0.05) is 0 Å². The van der Waals surface area contributed by atoms with Crippen molar-refractivity contribution in [2.75, 3.05) is 0 Å². The van der Waals surface area contributed by atoms with Crippen molar-refractivity contribution < 1.29 is 26.9 Å². The molecule has 9 heteroatoms. The van der Waals surface area contributed by atoms with Gasteiger partial charge in [-0.3, -0.25) is 4.57 Å². The van der Waals surface area contributed by atoms with E-state index in [2.05, 4.69) is 0 Å². The topological polar surface area (TPSA) is 57.5 Å². The molecular weight excluding hydrogens is 247 g/mol. The second kappa shape index (κ2) is 11.6. The van der Waals surface area contributed by atoms with Gasteiger partial charge in [-0.05, 0) is 0 Å². The van der Waals surface area contributed by atoms with Gasteiger partial charge in [0.2, 0.25) is 0 Å². The van der Waals surface area contributed by atoms with Gasteiger partial charge in [0.1, 0.15) is 0 Å². The Bertz CT molecular complexity index is 61.3. The lowest BCUT2D eigenvalue weighted by atomic mass is 15.8. The van der Waals surface area contributed by atoms with E-state index in [1.54, 1.807) is 0 Å². The summed E-state index contributed by atoms with van der Waals surface area (Å²) < 4.78 is 37.9. The minimum absolute atomic E-state index is 0. The van der Waals surface area contributed by atoms with Crippen molar-refractivity contribution in [3.8, 4) is 0 Å². The first-order valence-corrected chi connectivity index (χ1v) is 3.48. The van der Waals surface area contributed by atoms with Crippen molar-refractivity contribution in [3.63, 3.8) is 0 Å². The third kappa shape index (κ3) is 575. The fourth-order valence-electron chi connectivity index (χ4n) is 0. The van der Waals surface area contributed by atoms with E-state index in [1.807, 2.05) is 0 Å². The summed E-state index contributed by atoms with van der Waals surface area (Å²) in [5.74, 6) is 0. The molecule has 0 saturated heterocycles. The molecule has 0 fully saturated rings. The molecule has 9 heavy (non-hydrogen) atoms. The van der Waals surface area contributed by atoms with Crippen molar-refractivity contribution in [2.24, 2.45) is 0 Å². The quantitative estimate of drug-likeness (QED) is 0.647. The normalized spacial score (nSPS) is 7.89. The molecule has 0 saturated carbocycles. The van der Waals surface area contributed by atoms with E-state index in [4.69, 9.17) is 14.4 Å². The van der Waals surface area contributed by atoms with Crippen LogP contribution in [0.25, 0.3) is 0 Å². The van der Waals surface area contributed by atoms with Gasteiger partial charge in [-0.2, -0.15) is 12.6 Å². The molecule has 0 aliphatic heterocycles. The van der Waals surface area contributed by atoms with E-state index in [1.165, 1.54) is 0 Å². The molecule has 0 aliphatic carbocycles. The van der Waals surface area contributed by atoms with Gasteiger partial charge in [0.05, 0.1) is 0 Å². The fourth-order valence-corrected chi connectivity index (χ4v) is 0. The molecule has 0 unspecified atom stereocenters. The van der Waals surface area contributed by atoms with Crippen molar-refractivity contribution in [1.29, 1.82) is 0 Å². The molecule has 0 amide bonds. The molecule has 0 aromatic heterocycles. The molecule has 0 heterocycles. The van der Waals surface area contributed by atoms with E-state index in [-0.39, 0.29) is 17.0 Å². The zero-order chi connectivity index (χ0) is 7.15. The lowest BCUT2D eigenvalue weighted by molar-refractivity contribution is 0.405. The Morgan fingerprint density at radius 2 is 1.22 bits per heavy atom. The first kappa shape index (κ1) is 16.4. The van der Waals surface area contributed by atoms with E-state index >= 15 is 0 Å². The van der Waals surface area contributed by atoms with Crippen molar-refractivity contribution >= 4 is 34.1 Å². The van der Waals surface area contributed by atoms with Crippen LogP contribution in [0.4, 0.5) is 12.6 Å². The smallest absolute Gasteiger partial charge is 0.326 e. The average molecular weight is 251 g/mol. The van der Waals surface area contributed by atoms with Crippen LogP contribution < -0.4 is 0 Å². The largest absolute Gasteiger partial charge is 0.456 e. The molecule has 2 N–H and O–H groups in total. The van der Waals surface area contributed by atoms with Crippen LogP contribution in [0.1, 0.15) is 0 Å². The summed E-state index contributed by atoms with van der Waals surface area (Å²) >= 11 is 0. The van der Waals surface area contributed by atoms with Gasteiger partial charge in [0, 0.05) is 0 Å². The summed E-state index contributed by atoms with van der Waals surface area (Å²) in [5.41, 5.74) is 0. The Labute approximate surface area is 61.7 Å². The molecule has 0 bridgehead atoms. The predicted octanol–water partition coefficient (Wildman–Crippen LogP) is 2.06. The first-order valence-electron chi connectivity index (χ1n) is 1.16. The second-order valence-electron chi connectivity index (χ2n) is 0.474. The maximum atomic E-state index is 9.73. The molecule has 60 valence electrons. The monoisotopic (exact) mass is 250 g/mol. The summed E-state index contributed by atoms with van der Waals surface area (Å²) in [6.07, 6.45) is 0. The number of rotatable bonds is 0. The Morgan fingerprint density at radius 1 is 1.22 bits per heavy atom. The lowest BCUT2D eigenvalue weighted by Crippen LogP contribution is -1.38. The summed E-state index contributed by atoms with van der Waals surface area (Å²) in [7, 11) is -7.25. The standard InChI is InChI=1S/BrH.F3P.H3O3P/c;2*1-4(2)3/h1H;;4H,(H2,1,2,3). The number of hydrogen-bond donors (Lipinski definition) is 2. The van der Waals surface area contributed by atoms with Crippen molar-refractivity contribution in [2.45, 2.75) is 0 Å². The van der Waals surface area contributed by atoms with Crippen molar-refractivity contribution in [3.05, 3.63) is 0 Å². The molecule has 0 atom stereocenters. The highest BCUT2D eigenvalue weighted by Crippen LogP contribution is 2.39. The van der Waals surface area contributed by atoms with Gasteiger partial charge in [0.25, 0.3) is 0 Å². The maximum absolute atomic E-state index is 9.73. The van der Waals surface area contributed by atoms with Gasteiger partial charge < -0.3 is 9.79 Å².